The number of aromatic nitrogens is 1. The Hall–Kier alpha value is -1.87. The molecule has 0 fully saturated rings. The highest BCUT2D eigenvalue weighted by Gasteiger charge is 2.02. The number of nitrogens with one attached hydrogen (secondary N) is 1. The predicted molar refractivity (Wildman–Crippen MR) is 68.7 cm³/mol. The minimum atomic E-state index is 0.351. The number of benzene rings is 1. The number of carbonyl (C=O) groups is 1. The van der Waals surface area contributed by atoms with Crippen LogP contribution < -0.4 is 5.32 Å². The first-order valence-electron chi connectivity index (χ1n) is 5.20. The number of rotatable bonds is 4. The summed E-state index contributed by atoms with van der Waals surface area (Å²) in [6, 6.07) is 11.0. The van der Waals surface area contributed by atoms with Gasteiger partial charge in [0.05, 0.1) is 0 Å². The molecule has 4 heteroatoms. The molecule has 17 heavy (non-hydrogen) atoms. The Balaban J connectivity index is 2.23. The summed E-state index contributed by atoms with van der Waals surface area (Å²) in [4.78, 5) is 14.8. The van der Waals surface area contributed by atoms with Crippen LogP contribution in [0.1, 0.15) is 5.56 Å². The van der Waals surface area contributed by atoms with E-state index in [0.29, 0.717) is 17.3 Å². The Labute approximate surface area is 104 Å². The lowest BCUT2D eigenvalue weighted by Crippen LogP contribution is -1.99. The van der Waals surface area contributed by atoms with Gasteiger partial charge >= 0.3 is 0 Å². The van der Waals surface area contributed by atoms with Gasteiger partial charge in [-0.25, -0.2) is 4.98 Å². The summed E-state index contributed by atoms with van der Waals surface area (Å²) in [7, 11) is 0. The van der Waals surface area contributed by atoms with Crippen LogP contribution in [0.25, 0.3) is 0 Å². The zero-order valence-corrected chi connectivity index (χ0v) is 9.82. The molecule has 0 aliphatic rings. The van der Waals surface area contributed by atoms with Gasteiger partial charge in [-0.15, -0.1) is 0 Å². The van der Waals surface area contributed by atoms with E-state index < -0.39 is 0 Å². The number of halogens is 1. The molecule has 2 aromatic rings. The molecule has 1 N–H and O–H groups in total. The van der Waals surface area contributed by atoms with Crippen molar-refractivity contribution in [2.24, 2.45) is 0 Å². The number of hydrogen-bond donors (Lipinski definition) is 1. The minimum absolute atomic E-state index is 0.351. The van der Waals surface area contributed by atoms with Gasteiger partial charge in [0.1, 0.15) is 12.1 Å². The van der Waals surface area contributed by atoms with E-state index >= 15 is 0 Å². The van der Waals surface area contributed by atoms with Crippen molar-refractivity contribution >= 4 is 29.4 Å². The van der Waals surface area contributed by atoms with Crippen molar-refractivity contribution in [3.63, 3.8) is 0 Å². The average molecular weight is 247 g/mol. The molecule has 1 aromatic carbocycles. The van der Waals surface area contributed by atoms with Crippen molar-refractivity contribution in [2.45, 2.75) is 6.42 Å². The van der Waals surface area contributed by atoms with Crippen molar-refractivity contribution in [1.29, 1.82) is 0 Å². The maximum Gasteiger partial charge on any atom is 0.133 e. The third-order valence-electron chi connectivity index (χ3n) is 2.30. The molecular formula is C13H11ClN2O. The zero-order valence-electron chi connectivity index (χ0n) is 9.06. The average Bonchev–Trinajstić information content (AvgIpc) is 2.35. The van der Waals surface area contributed by atoms with Crippen LogP contribution in [0.5, 0.6) is 0 Å². The standard InChI is InChI=1S/C13H11ClN2O/c14-11-3-5-12(6-4-11)16-13-10(7-9-17)2-1-8-15-13/h1-6,8-9H,7H2,(H,15,16). The lowest BCUT2D eigenvalue weighted by Gasteiger charge is -2.08. The summed E-state index contributed by atoms with van der Waals surface area (Å²) in [5.74, 6) is 0.696. The zero-order chi connectivity index (χ0) is 12.1. The summed E-state index contributed by atoms with van der Waals surface area (Å²) in [5, 5.41) is 3.84. The van der Waals surface area contributed by atoms with Crippen molar-refractivity contribution < 1.29 is 4.79 Å². The lowest BCUT2D eigenvalue weighted by atomic mass is 10.2. The topological polar surface area (TPSA) is 42.0 Å². The Morgan fingerprint density at radius 2 is 2.00 bits per heavy atom. The molecule has 3 nitrogen and oxygen atoms in total. The highest BCUT2D eigenvalue weighted by molar-refractivity contribution is 6.30. The molecule has 86 valence electrons. The molecule has 0 aliphatic carbocycles. The van der Waals surface area contributed by atoms with Gasteiger partial charge in [-0.1, -0.05) is 17.7 Å². The smallest absolute Gasteiger partial charge is 0.133 e. The van der Waals surface area contributed by atoms with Crippen LogP contribution in [-0.2, 0) is 11.2 Å². The van der Waals surface area contributed by atoms with Gasteiger partial charge in [0.15, 0.2) is 0 Å². The predicted octanol–water partition coefficient (Wildman–Crippen LogP) is 3.22. The molecule has 0 unspecified atom stereocenters. The fourth-order valence-corrected chi connectivity index (χ4v) is 1.60. The summed E-state index contributed by atoms with van der Waals surface area (Å²) in [5.41, 5.74) is 1.76. The molecule has 0 aliphatic heterocycles. The van der Waals surface area contributed by atoms with Gasteiger partial charge in [0.25, 0.3) is 0 Å². The van der Waals surface area contributed by atoms with E-state index in [0.717, 1.165) is 17.5 Å². The number of aldehydes is 1. The van der Waals surface area contributed by atoms with Gasteiger partial charge < -0.3 is 10.1 Å². The molecule has 0 saturated heterocycles. The van der Waals surface area contributed by atoms with E-state index in [-0.39, 0.29) is 0 Å². The van der Waals surface area contributed by atoms with E-state index in [9.17, 15) is 4.79 Å². The third-order valence-corrected chi connectivity index (χ3v) is 2.55. The molecule has 0 saturated carbocycles. The van der Waals surface area contributed by atoms with Gasteiger partial charge in [0.2, 0.25) is 0 Å². The number of carbonyl (C=O) groups excluding carboxylic acids is 1. The van der Waals surface area contributed by atoms with Crippen molar-refractivity contribution in [3.05, 3.63) is 53.2 Å². The Morgan fingerprint density at radius 1 is 1.24 bits per heavy atom. The highest BCUT2D eigenvalue weighted by Crippen LogP contribution is 2.20. The van der Waals surface area contributed by atoms with Crippen LogP contribution in [0.15, 0.2) is 42.6 Å². The maximum atomic E-state index is 10.6. The lowest BCUT2D eigenvalue weighted by molar-refractivity contribution is -0.107. The molecule has 2 rings (SSSR count). The monoisotopic (exact) mass is 246 g/mol. The number of nitrogens with zero attached hydrogens (tertiary/aromatic N) is 1. The van der Waals surface area contributed by atoms with Crippen molar-refractivity contribution in [3.8, 4) is 0 Å². The fourth-order valence-electron chi connectivity index (χ4n) is 1.48. The molecule has 0 amide bonds. The molecule has 1 heterocycles. The second-order valence-corrected chi connectivity index (χ2v) is 3.95. The van der Waals surface area contributed by atoms with Gasteiger partial charge in [-0.3, -0.25) is 0 Å². The quantitative estimate of drug-likeness (QED) is 0.843. The first-order valence-corrected chi connectivity index (χ1v) is 5.57. The second kappa shape index (κ2) is 5.46. The Bertz CT molecular complexity index is 511. The second-order valence-electron chi connectivity index (χ2n) is 3.51. The number of anilines is 2. The van der Waals surface area contributed by atoms with Gasteiger partial charge in [-0.05, 0) is 30.3 Å². The SMILES string of the molecule is O=CCc1cccnc1Nc1ccc(Cl)cc1. The number of pyridine rings is 1. The van der Waals surface area contributed by atoms with Crippen LogP contribution in [-0.4, -0.2) is 11.3 Å². The molecule has 1 aromatic heterocycles. The summed E-state index contributed by atoms with van der Waals surface area (Å²) < 4.78 is 0. The molecule has 0 radical (unpaired) electrons. The van der Waals surface area contributed by atoms with Crippen molar-refractivity contribution in [2.75, 3.05) is 5.32 Å². The third kappa shape index (κ3) is 3.04. The summed E-state index contributed by atoms with van der Waals surface area (Å²) in [6.45, 7) is 0. The maximum absolute atomic E-state index is 10.6. The molecule has 0 atom stereocenters. The summed E-state index contributed by atoms with van der Waals surface area (Å²) in [6.07, 6.45) is 2.90. The molecule has 0 bridgehead atoms. The van der Waals surface area contributed by atoms with E-state index in [2.05, 4.69) is 10.3 Å². The van der Waals surface area contributed by atoms with Crippen LogP contribution in [0, 0.1) is 0 Å². The highest BCUT2D eigenvalue weighted by atomic mass is 35.5. The Kier molecular flexibility index (Phi) is 3.73. The van der Waals surface area contributed by atoms with Gasteiger partial charge in [-0.2, -0.15) is 0 Å². The van der Waals surface area contributed by atoms with Crippen LogP contribution in [0.2, 0.25) is 5.02 Å². The summed E-state index contributed by atoms with van der Waals surface area (Å²) >= 11 is 5.81. The van der Waals surface area contributed by atoms with E-state index in [1.165, 1.54) is 0 Å². The minimum Gasteiger partial charge on any atom is -0.340 e. The first-order chi connectivity index (χ1) is 8.29. The van der Waals surface area contributed by atoms with E-state index in [1.54, 1.807) is 18.3 Å². The van der Waals surface area contributed by atoms with E-state index in [4.69, 9.17) is 11.6 Å². The van der Waals surface area contributed by atoms with Crippen LogP contribution in [0.3, 0.4) is 0 Å². The molecular weight excluding hydrogens is 236 g/mol. The van der Waals surface area contributed by atoms with Crippen LogP contribution >= 0.6 is 11.6 Å². The Morgan fingerprint density at radius 3 is 2.71 bits per heavy atom. The van der Waals surface area contributed by atoms with Crippen molar-refractivity contribution in [1.82, 2.24) is 4.98 Å². The van der Waals surface area contributed by atoms with Gasteiger partial charge in [0, 0.05) is 28.9 Å². The first kappa shape index (κ1) is 11.6. The largest absolute Gasteiger partial charge is 0.340 e. The number of hydrogen-bond acceptors (Lipinski definition) is 3. The van der Waals surface area contributed by atoms with Crippen LogP contribution in [0.4, 0.5) is 11.5 Å². The fraction of sp³-hybridized carbons (Fsp3) is 0.0769. The normalized spacial score (nSPS) is 9.94. The van der Waals surface area contributed by atoms with E-state index in [1.807, 2.05) is 24.3 Å². The molecule has 0 spiro atoms.